The number of aromatic nitrogens is 3. The van der Waals surface area contributed by atoms with E-state index in [-0.39, 0.29) is 17.3 Å². The van der Waals surface area contributed by atoms with E-state index in [2.05, 4.69) is 30.9 Å². The summed E-state index contributed by atoms with van der Waals surface area (Å²) in [7, 11) is 0. The minimum absolute atomic E-state index is 0.0234. The number of anilines is 1. The largest absolute Gasteiger partial charge is 0.368 e. The molecule has 0 saturated carbocycles. The van der Waals surface area contributed by atoms with Crippen molar-refractivity contribution in [3.8, 4) is 11.4 Å². The van der Waals surface area contributed by atoms with Gasteiger partial charge in [0.2, 0.25) is 5.95 Å². The molecule has 0 bridgehead atoms. The molecule has 0 spiro atoms. The molecule has 0 saturated heterocycles. The van der Waals surface area contributed by atoms with Gasteiger partial charge < -0.3 is 5.73 Å². The van der Waals surface area contributed by atoms with Gasteiger partial charge in [0, 0.05) is 16.1 Å². The number of hydrogen-bond donors (Lipinski definition) is 1. The summed E-state index contributed by atoms with van der Waals surface area (Å²) in [5.74, 6) is 0.120. The van der Waals surface area contributed by atoms with Crippen LogP contribution in [0.3, 0.4) is 0 Å². The minimum Gasteiger partial charge on any atom is -0.368 e. The van der Waals surface area contributed by atoms with E-state index in [1.54, 1.807) is 36.4 Å². The summed E-state index contributed by atoms with van der Waals surface area (Å²) in [5, 5.41) is 4.86. The fourth-order valence-electron chi connectivity index (χ4n) is 2.43. The van der Waals surface area contributed by atoms with E-state index >= 15 is 0 Å². The van der Waals surface area contributed by atoms with Crippen molar-refractivity contribution in [2.24, 2.45) is 0 Å². The monoisotopic (exact) mass is 354 g/mol. The molecule has 1 aromatic heterocycles. The Bertz CT molecular complexity index is 906. The Kier molecular flexibility index (Phi) is 4.35. The van der Waals surface area contributed by atoms with Gasteiger partial charge in [-0.1, -0.05) is 44.5 Å². The Morgan fingerprint density at radius 3 is 2.20 bits per heavy atom. The molecule has 128 valence electrons. The van der Waals surface area contributed by atoms with Crippen LogP contribution in [0.4, 0.5) is 5.95 Å². The Morgan fingerprint density at radius 2 is 1.64 bits per heavy atom. The third-order valence-electron chi connectivity index (χ3n) is 3.92. The summed E-state index contributed by atoms with van der Waals surface area (Å²) >= 11 is 5.89. The van der Waals surface area contributed by atoms with Crippen LogP contribution in [0.2, 0.25) is 5.02 Å². The zero-order chi connectivity index (χ0) is 18.2. The van der Waals surface area contributed by atoms with E-state index in [0.717, 1.165) is 15.8 Å². The quantitative estimate of drug-likeness (QED) is 0.749. The average Bonchev–Trinajstić information content (AvgIpc) is 2.96. The third kappa shape index (κ3) is 3.56. The highest BCUT2D eigenvalue weighted by Crippen LogP contribution is 2.23. The van der Waals surface area contributed by atoms with E-state index in [1.807, 2.05) is 12.1 Å². The van der Waals surface area contributed by atoms with Crippen molar-refractivity contribution in [1.29, 1.82) is 0 Å². The molecule has 3 aromatic rings. The van der Waals surface area contributed by atoms with Crippen LogP contribution in [-0.2, 0) is 5.41 Å². The maximum absolute atomic E-state index is 12.7. The van der Waals surface area contributed by atoms with Gasteiger partial charge >= 0.3 is 0 Å². The second-order valence-corrected chi connectivity index (χ2v) is 7.28. The predicted octanol–water partition coefficient (Wildman–Crippen LogP) is 4.17. The fourth-order valence-corrected chi connectivity index (χ4v) is 2.56. The van der Waals surface area contributed by atoms with Crippen LogP contribution in [0.1, 0.15) is 36.7 Å². The first-order chi connectivity index (χ1) is 11.8. The molecule has 0 aliphatic heterocycles. The molecule has 5 nitrogen and oxygen atoms in total. The smallest absolute Gasteiger partial charge is 0.281 e. The van der Waals surface area contributed by atoms with E-state index < -0.39 is 0 Å². The first-order valence-electron chi connectivity index (χ1n) is 7.89. The zero-order valence-electron chi connectivity index (χ0n) is 14.3. The third-order valence-corrected chi connectivity index (χ3v) is 4.18. The van der Waals surface area contributed by atoms with Crippen LogP contribution in [0.5, 0.6) is 0 Å². The number of nitrogens with zero attached hydrogens (tertiary/aromatic N) is 3. The maximum atomic E-state index is 12.7. The Morgan fingerprint density at radius 1 is 1.04 bits per heavy atom. The molecule has 1 heterocycles. The Labute approximate surface area is 151 Å². The number of halogens is 1. The number of hydrogen-bond acceptors (Lipinski definition) is 4. The van der Waals surface area contributed by atoms with Crippen molar-refractivity contribution >= 4 is 23.5 Å². The van der Waals surface area contributed by atoms with Crippen LogP contribution in [-0.4, -0.2) is 20.7 Å². The van der Waals surface area contributed by atoms with Crippen molar-refractivity contribution < 1.29 is 4.79 Å². The van der Waals surface area contributed by atoms with Crippen molar-refractivity contribution in [3.63, 3.8) is 0 Å². The standard InChI is InChI=1S/C19H19ClN4O/c1-19(2,3)14-8-4-13(5-9-14)17(25)24-18(21)22-16(23-24)12-6-10-15(20)11-7-12/h4-11H,1-3H3,(H2,21,22,23). The topological polar surface area (TPSA) is 73.8 Å². The molecule has 0 aliphatic carbocycles. The van der Waals surface area contributed by atoms with E-state index in [1.165, 1.54) is 0 Å². The molecule has 25 heavy (non-hydrogen) atoms. The molecule has 2 N–H and O–H groups in total. The van der Waals surface area contributed by atoms with Crippen LogP contribution in [0.25, 0.3) is 11.4 Å². The minimum atomic E-state index is -0.314. The molecule has 2 aromatic carbocycles. The second-order valence-electron chi connectivity index (χ2n) is 6.84. The lowest BCUT2D eigenvalue weighted by atomic mass is 9.87. The van der Waals surface area contributed by atoms with Gasteiger partial charge in [0.1, 0.15) is 0 Å². The van der Waals surface area contributed by atoms with Gasteiger partial charge in [-0.05, 0) is 47.4 Å². The van der Waals surface area contributed by atoms with E-state index in [0.29, 0.717) is 16.4 Å². The Hall–Kier alpha value is -2.66. The van der Waals surface area contributed by atoms with Crippen LogP contribution >= 0.6 is 11.6 Å². The van der Waals surface area contributed by atoms with E-state index in [4.69, 9.17) is 17.3 Å². The molecule has 0 radical (unpaired) electrons. The number of benzene rings is 2. The van der Waals surface area contributed by atoms with Gasteiger partial charge in [-0.25, -0.2) is 0 Å². The highest BCUT2D eigenvalue weighted by molar-refractivity contribution is 6.30. The van der Waals surface area contributed by atoms with E-state index in [9.17, 15) is 4.79 Å². The van der Waals surface area contributed by atoms with Gasteiger partial charge in [0.15, 0.2) is 5.82 Å². The summed E-state index contributed by atoms with van der Waals surface area (Å²) < 4.78 is 1.12. The number of rotatable bonds is 2. The number of carbonyl (C=O) groups excluding carboxylic acids is 1. The molecule has 3 rings (SSSR count). The van der Waals surface area contributed by atoms with Crippen molar-refractivity contribution in [1.82, 2.24) is 14.8 Å². The SMILES string of the molecule is CC(C)(C)c1ccc(C(=O)n2nc(-c3ccc(Cl)cc3)nc2N)cc1. The van der Waals surface area contributed by atoms with Gasteiger partial charge in [0.25, 0.3) is 5.91 Å². The molecular formula is C19H19ClN4O. The summed E-state index contributed by atoms with van der Waals surface area (Å²) in [4.78, 5) is 16.9. The van der Waals surface area contributed by atoms with Crippen molar-refractivity contribution in [3.05, 3.63) is 64.7 Å². The average molecular weight is 355 g/mol. The van der Waals surface area contributed by atoms with Crippen LogP contribution in [0.15, 0.2) is 48.5 Å². The molecule has 6 heteroatoms. The first-order valence-corrected chi connectivity index (χ1v) is 8.27. The molecule has 0 aliphatic rings. The normalized spacial score (nSPS) is 11.5. The fraction of sp³-hybridized carbons (Fsp3) is 0.211. The molecule has 0 atom stereocenters. The highest BCUT2D eigenvalue weighted by atomic mass is 35.5. The van der Waals surface area contributed by atoms with Crippen LogP contribution in [0, 0.1) is 0 Å². The van der Waals surface area contributed by atoms with Crippen LogP contribution < -0.4 is 5.73 Å². The van der Waals surface area contributed by atoms with Crippen molar-refractivity contribution in [2.45, 2.75) is 26.2 Å². The van der Waals surface area contributed by atoms with Gasteiger partial charge in [-0.15, -0.1) is 5.10 Å². The lowest BCUT2D eigenvalue weighted by molar-refractivity contribution is 0.0948. The molecule has 0 unspecified atom stereocenters. The van der Waals surface area contributed by atoms with Gasteiger partial charge in [-0.2, -0.15) is 9.67 Å². The molecule has 0 fully saturated rings. The number of nitrogens with two attached hydrogens (primary N) is 1. The lowest BCUT2D eigenvalue weighted by Crippen LogP contribution is -2.17. The Balaban J connectivity index is 1.91. The predicted molar refractivity (Wildman–Crippen MR) is 99.8 cm³/mol. The highest BCUT2D eigenvalue weighted by Gasteiger charge is 2.18. The van der Waals surface area contributed by atoms with Crippen molar-refractivity contribution in [2.75, 3.05) is 5.73 Å². The molecule has 0 amide bonds. The summed E-state index contributed by atoms with van der Waals surface area (Å²) in [6.07, 6.45) is 0. The lowest BCUT2D eigenvalue weighted by Gasteiger charge is -2.18. The number of carbonyl (C=O) groups is 1. The molecular weight excluding hydrogens is 336 g/mol. The zero-order valence-corrected chi connectivity index (χ0v) is 15.1. The number of nitrogen functional groups attached to an aromatic ring is 1. The summed E-state index contributed by atoms with van der Waals surface area (Å²) in [6.45, 7) is 6.37. The summed E-state index contributed by atoms with van der Waals surface area (Å²) in [6, 6.07) is 14.5. The van der Waals surface area contributed by atoms with Gasteiger partial charge in [0.05, 0.1) is 0 Å². The first kappa shape index (κ1) is 17.2. The maximum Gasteiger partial charge on any atom is 0.281 e. The second kappa shape index (κ2) is 6.33. The summed E-state index contributed by atoms with van der Waals surface area (Å²) in [5.41, 5.74) is 8.31. The van der Waals surface area contributed by atoms with Gasteiger partial charge in [-0.3, -0.25) is 4.79 Å².